The monoisotopic (exact) mass is 418 g/mol. The van der Waals surface area contributed by atoms with Crippen molar-refractivity contribution < 1.29 is 22.7 Å². The predicted octanol–water partition coefficient (Wildman–Crippen LogP) is 2.25. The molecule has 1 N–H and O–H groups in total. The molecule has 1 saturated heterocycles. The van der Waals surface area contributed by atoms with Crippen molar-refractivity contribution in [3.8, 4) is 5.75 Å². The summed E-state index contributed by atoms with van der Waals surface area (Å²) in [5.74, 6) is 0.0941. The second-order valence-electron chi connectivity index (χ2n) is 6.93. The first-order valence-electron chi connectivity index (χ1n) is 9.52. The second kappa shape index (κ2) is 9.39. The van der Waals surface area contributed by atoms with Gasteiger partial charge in [-0.1, -0.05) is 37.3 Å². The maximum Gasteiger partial charge on any atom is 0.257 e. The van der Waals surface area contributed by atoms with Crippen LogP contribution >= 0.6 is 0 Å². The van der Waals surface area contributed by atoms with Crippen LogP contribution in [0.4, 0.5) is 0 Å². The zero-order chi connectivity index (χ0) is 20.9. The van der Waals surface area contributed by atoms with Crippen molar-refractivity contribution in [3.63, 3.8) is 0 Å². The molecule has 0 unspecified atom stereocenters. The van der Waals surface area contributed by atoms with Gasteiger partial charge in [-0.05, 0) is 29.7 Å². The summed E-state index contributed by atoms with van der Waals surface area (Å²) in [6.45, 7) is 4.07. The van der Waals surface area contributed by atoms with Crippen LogP contribution in [0.15, 0.2) is 53.4 Å². The third-order valence-electron chi connectivity index (χ3n) is 4.96. The van der Waals surface area contributed by atoms with Gasteiger partial charge < -0.3 is 14.4 Å². The molecule has 29 heavy (non-hydrogen) atoms. The number of sulfonamides is 1. The molecule has 8 heteroatoms. The van der Waals surface area contributed by atoms with Crippen LogP contribution in [0.5, 0.6) is 5.75 Å². The predicted molar refractivity (Wildman–Crippen MR) is 110 cm³/mol. The number of hydrogen-bond acceptors (Lipinski definition) is 5. The van der Waals surface area contributed by atoms with E-state index in [2.05, 4.69) is 4.72 Å². The fourth-order valence-corrected chi connectivity index (χ4v) is 4.33. The lowest BCUT2D eigenvalue weighted by atomic mass is 10.0. The minimum Gasteiger partial charge on any atom is -0.496 e. The molecule has 156 valence electrons. The summed E-state index contributed by atoms with van der Waals surface area (Å²) < 4.78 is 38.9. The fraction of sp³-hybridized carbons (Fsp3) is 0.381. The van der Waals surface area contributed by atoms with Gasteiger partial charge in [0.25, 0.3) is 5.91 Å². The molecule has 2 aromatic carbocycles. The molecule has 1 atom stereocenters. The number of hydrogen-bond donors (Lipinski definition) is 1. The zero-order valence-corrected chi connectivity index (χ0v) is 17.4. The van der Waals surface area contributed by atoms with Crippen molar-refractivity contribution >= 4 is 15.9 Å². The van der Waals surface area contributed by atoms with E-state index in [1.165, 1.54) is 25.3 Å². The molecular weight excluding hydrogens is 392 g/mol. The number of nitrogens with zero attached hydrogens (tertiary/aromatic N) is 1. The normalized spacial score (nSPS) is 15.7. The zero-order valence-electron chi connectivity index (χ0n) is 16.6. The maximum atomic E-state index is 12.9. The SMILES string of the molecule is COc1ccc(S(=O)(=O)NC[C@@H](C)c2ccccc2)cc1C(=O)N1CCOCC1. The van der Waals surface area contributed by atoms with E-state index >= 15 is 0 Å². The number of benzene rings is 2. The quantitative estimate of drug-likeness (QED) is 0.746. The van der Waals surface area contributed by atoms with Crippen molar-refractivity contribution in [2.45, 2.75) is 17.7 Å². The Labute approximate surface area is 171 Å². The molecule has 1 aliphatic rings. The highest BCUT2D eigenvalue weighted by Crippen LogP contribution is 2.25. The van der Waals surface area contributed by atoms with Crippen LogP contribution in [-0.4, -0.2) is 59.2 Å². The number of nitrogens with one attached hydrogen (secondary N) is 1. The second-order valence-corrected chi connectivity index (χ2v) is 8.70. The van der Waals surface area contributed by atoms with E-state index in [4.69, 9.17) is 9.47 Å². The van der Waals surface area contributed by atoms with Crippen molar-refractivity contribution in [1.82, 2.24) is 9.62 Å². The number of amides is 1. The van der Waals surface area contributed by atoms with Gasteiger partial charge in [0, 0.05) is 19.6 Å². The summed E-state index contributed by atoms with van der Waals surface area (Å²) >= 11 is 0. The maximum absolute atomic E-state index is 12.9. The average Bonchev–Trinajstić information content (AvgIpc) is 2.77. The standard InChI is InChI=1S/C21H26N2O5S/c1-16(17-6-4-3-5-7-17)15-22-29(25,26)18-8-9-20(27-2)19(14-18)21(24)23-10-12-28-13-11-23/h3-9,14,16,22H,10-13,15H2,1-2H3/t16-/m1/s1. The van der Waals surface area contributed by atoms with Gasteiger partial charge in [-0.15, -0.1) is 0 Å². The van der Waals surface area contributed by atoms with E-state index in [9.17, 15) is 13.2 Å². The molecule has 7 nitrogen and oxygen atoms in total. The van der Waals surface area contributed by atoms with Crippen molar-refractivity contribution in [2.24, 2.45) is 0 Å². The molecule has 0 aromatic heterocycles. The summed E-state index contributed by atoms with van der Waals surface area (Å²) in [4.78, 5) is 14.6. The third kappa shape index (κ3) is 5.14. The van der Waals surface area contributed by atoms with Crippen LogP contribution in [0.25, 0.3) is 0 Å². The molecular formula is C21H26N2O5S. The van der Waals surface area contributed by atoms with Crippen LogP contribution in [0.2, 0.25) is 0 Å². The van der Waals surface area contributed by atoms with Gasteiger partial charge in [-0.3, -0.25) is 4.79 Å². The Hall–Kier alpha value is -2.42. The number of morpholine rings is 1. The molecule has 1 amide bonds. The number of methoxy groups -OCH3 is 1. The van der Waals surface area contributed by atoms with Crippen molar-refractivity contribution in [3.05, 3.63) is 59.7 Å². The first-order chi connectivity index (χ1) is 13.9. The van der Waals surface area contributed by atoms with Crippen LogP contribution in [-0.2, 0) is 14.8 Å². The lowest BCUT2D eigenvalue weighted by Gasteiger charge is -2.27. The first kappa shape index (κ1) is 21.3. The average molecular weight is 419 g/mol. The van der Waals surface area contributed by atoms with Gasteiger partial charge >= 0.3 is 0 Å². The Bertz CT molecular complexity index is 941. The summed E-state index contributed by atoms with van der Waals surface area (Å²) in [5, 5.41) is 0. The van der Waals surface area contributed by atoms with Gasteiger partial charge in [0.2, 0.25) is 10.0 Å². The molecule has 1 heterocycles. The van der Waals surface area contributed by atoms with Gasteiger partial charge in [0.15, 0.2) is 0 Å². The van der Waals surface area contributed by atoms with E-state index < -0.39 is 10.0 Å². The van der Waals surface area contributed by atoms with Crippen LogP contribution in [0.1, 0.15) is 28.8 Å². The number of rotatable bonds is 7. The minimum atomic E-state index is -3.78. The number of carbonyl (C=O) groups excluding carboxylic acids is 1. The molecule has 1 aliphatic heterocycles. The summed E-state index contributed by atoms with van der Waals surface area (Å²) in [5.41, 5.74) is 1.28. The first-order valence-corrected chi connectivity index (χ1v) is 11.0. The molecule has 1 fully saturated rings. The molecule has 0 radical (unpaired) electrons. The Balaban J connectivity index is 1.79. The minimum absolute atomic E-state index is 0.0127. The third-order valence-corrected chi connectivity index (χ3v) is 6.38. The van der Waals surface area contributed by atoms with E-state index in [0.717, 1.165) is 5.56 Å². The van der Waals surface area contributed by atoms with Crippen molar-refractivity contribution in [2.75, 3.05) is 40.0 Å². The van der Waals surface area contributed by atoms with Gasteiger partial charge in [0.1, 0.15) is 5.75 Å². The largest absolute Gasteiger partial charge is 0.496 e. The highest BCUT2D eigenvalue weighted by Gasteiger charge is 2.25. The van der Waals surface area contributed by atoms with Gasteiger partial charge in [0.05, 0.1) is 30.8 Å². The number of ether oxygens (including phenoxy) is 2. The fourth-order valence-electron chi connectivity index (χ4n) is 3.18. The topological polar surface area (TPSA) is 84.9 Å². The number of carbonyl (C=O) groups is 1. The van der Waals surface area contributed by atoms with Crippen molar-refractivity contribution in [1.29, 1.82) is 0 Å². The lowest BCUT2D eigenvalue weighted by Crippen LogP contribution is -2.40. The Kier molecular flexibility index (Phi) is 6.89. The van der Waals surface area contributed by atoms with E-state index in [1.54, 1.807) is 4.90 Å². The summed E-state index contributed by atoms with van der Waals surface area (Å²) in [7, 11) is -2.32. The Morgan fingerprint density at radius 1 is 1.17 bits per heavy atom. The molecule has 3 rings (SSSR count). The van der Waals surface area contributed by atoms with Gasteiger partial charge in [-0.2, -0.15) is 0 Å². The van der Waals surface area contributed by atoms with Crippen LogP contribution in [0, 0.1) is 0 Å². The highest BCUT2D eigenvalue weighted by molar-refractivity contribution is 7.89. The molecule has 0 bridgehead atoms. The Morgan fingerprint density at radius 2 is 1.86 bits per heavy atom. The Morgan fingerprint density at radius 3 is 2.52 bits per heavy atom. The van der Waals surface area contributed by atoms with E-state index in [-0.39, 0.29) is 28.8 Å². The highest BCUT2D eigenvalue weighted by atomic mass is 32.2. The molecule has 0 aliphatic carbocycles. The summed E-state index contributed by atoms with van der Waals surface area (Å²) in [6.07, 6.45) is 0. The van der Waals surface area contributed by atoms with Crippen LogP contribution in [0.3, 0.4) is 0 Å². The van der Waals surface area contributed by atoms with Crippen LogP contribution < -0.4 is 9.46 Å². The molecule has 0 saturated carbocycles. The summed E-state index contributed by atoms with van der Waals surface area (Å²) in [6, 6.07) is 14.0. The smallest absolute Gasteiger partial charge is 0.257 e. The van der Waals surface area contributed by atoms with Gasteiger partial charge in [-0.25, -0.2) is 13.1 Å². The molecule has 0 spiro atoms. The molecule has 2 aromatic rings. The van der Waals surface area contributed by atoms with E-state index in [0.29, 0.717) is 32.1 Å². The lowest BCUT2D eigenvalue weighted by molar-refractivity contribution is 0.0300. The van der Waals surface area contributed by atoms with E-state index in [1.807, 2.05) is 37.3 Å².